The molecule has 0 aliphatic carbocycles. The predicted molar refractivity (Wildman–Crippen MR) is 54.4 cm³/mol. The highest BCUT2D eigenvalue weighted by atomic mass is 35.5. The van der Waals surface area contributed by atoms with Crippen molar-refractivity contribution in [2.24, 2.45) is 0 Å². The fourth-order valence-corrected chi connectivity index (χ4v) is 1.07. The summed E-state index contributed by atoms with van der Waals surface area (Å²) in [7, 11) is 0. The van der Waals surface area contributed by atoms with Gasteiger partial charge in [0.25, 0.3) is 11.6 Å². The first kappa shape index (κ1) is 15.3. The summed E-state index contributed by atoms with van der Waals surface area (Å²) in [5.74, 6) is -0.433. The van der Waals surface area contributed by atoms with E-state index in [-0.39, 0.29) is 30.3 Å². The highest BCUT2D eigenvalue weighted by molar-refractivity contribution is 5.93. The maximum absolute atomic E-state index is 11.4. The number of nitrogens with one attached hydrogen (secondary N) is 1. The fourth-order valence-electron chi connectivity index (χ4n) is 1.07. The number of quaternary nitrogens is 1. The van der Waals surface area contributed by atoms with Gasteiger partial charge in [0.2, 0.25) is 0 Å². The minimum Gasteiger partial charge on any atom is -1.00 e. The largest absolute Gasteiger partial charge is 1.00 e. The number of carbonyl (C=O) groups is 1. The molecule has 1 amide bonds. The third-order valence-electron chi connectivity index (χ3n) is 1.83. The second-order valence-electron chi connectivity index (χ2n) is 3.00. The number of aliphatic hydroxyl groups is 1. The van der Waals surface area contributed by atoms with Gasteiger partial charge in [-0.1, -0.05) is 6.07 Å². The Labute approximate surface area is 103 Å². The normalized spacial score (nSPS) is 9.24. The second-order valence-corrected chi connectivity index (χ2v) is 3.00. The third-order valence-corrected chi connectivity index (χ3v) is 1.83. The molecule has 0 atom stereocenters. The van der Waals surface area contributed by atoms with E-state index in [1.807, 2.05) is 0 Å². The van der Waals surface area contributed by atoms with Crippen molar-refractivity contribution in [2.45, 2.75) is 0 Å². The van der Waals surface area contributed by atoms with Gasteiger partial charge in [-0.2, -0.15) is 0 Å². The summed E-state index contributed by atoms with van der Waals surface area (Å²) in [5.41, 5.74) is 3.91. The Kier molecular flexibility index (Phi) is 6.80. The number of non-ortho nitro benzene ring substituents is 1. The van der Waals surface area contributed by atoms with Crippen LogP contribution in [0, 0.1) is 10.1 Å². The first-order valence-electron chi connectivity index (χ1n) is 4.63. The zero-order valence-corrected chi connectivity index (χ0v) is 9.55. The zero-order chi connectivity index (χ0) is 12.0. The van der Waals surface area contributed by atoms with Gasteiger partial charge in [-0.25, -0.2) is 10.9 Å². The number of nitro benzene ring substituents is 1. The Bertz CT molecular complexity index is 400. The Morgan fingerprint density at radius 3 is 2.82 bits per heavy atom. The average molecular weight is 262 g/mol. The number of aliphatic hydroxyl groups excluding tert-OH is 1. The number of rotatable bonds is 5. The lowest BCUT2D eigenvalue weighted by atomic mass is 10.2. The number of nitrogen functional groups attached to an aromatic ring is 1. The van der Waals surface area contributed by atoms with E-state index < -0.39 is 10.8 Å². The number of benzene rings is 1. The predicted octanol–water partition coefficient (Wildman–Crippen LogP) is -4.20. The Morgan fingerprint density at radius 2 is 2.24 bits per heavy atom. The standard InChI is InChI=1S/C9H11N3O4.ClH/c13-5-4-10-11-9(14)7-2-1-3-8(6-7)12(15)16;/h1-3,6,10,13H,4-5H2,(H,11,14);1H. The molecular weight excluding hydrogens is 250 g/mol. The molecule has 0 radical (unpaired) electrons. The van der Waals surface area contributed by atoms with E-state index in [2.05, 4.69) is 5.43 Å². The molecule has 1 rings (SSSR count). The van der Waals surface area contributed by atoms with Gasteiger partial charge >= 0.3 is 0 Å². The van der Waals surface area contributed by atoms with E-state index in [1.165, 1.54) is 29.7 Å². The van der Waals surface area contributed by atoms with Gasteiger partial charge < -0.3 is 17.5 Å². The number of hydrogen-bond donors (Lipinski definition) is 3. The first-order chi connectivity index (χ1) is 7.65. The van der Waals surface area contributed by atoms with E-state index in [0.29, 0.717) is 6.54 Å². The lowest BCUT2D eigenvalue weighted by molar-refractivity contribution is -0.698. The number of nitrogens with two attached hydrogens (primary N) is 1. The van der Waals surface area contributed by atoms with E-state index in [1.54, 1.807) is 0 Å². The number of nitro groups is 1. The van der Waals surface area contributed by atoms with Crippen LogP contribution in [0.4, 0.5) is 5.69 Å². The van der Waals surface area contributed by atoms with Crippen LogP contribution in [0.5, 0.6) is 0 Å². The summed E-state index contributed by atoms with van der Waals surface area (Å²) in [4.78, 5) is 21.4. The van der Waals surface area contributed by atoms with Crippen molar-refractivity contribution >= 4 is 11.6 Å². The topological polar surface area (TPSA) is 109 Å². The van der Waals surface area contributed by atoms with Crippen LogP contribution in [0.25, 0.3) is 0 Å². The fraction of sp³-hybridized carbons (Fsp3) is 0.222. The Balaban J connectivity index is 0.00000256. The molecule has 1 aromatic rings. The van der Waals surface area contributed by atoms with E-state index in [9.17, 15) is 14.9 Å². The van der Waals surface area contributed by atoms with Crippen LogP contribution < -0.4 is 23.3 Å². The van der Waals surface area contributed by atoms with Crippen molar-refractivity contribution < 1.29 is 32.7 Å². The summed E-state index contributed by atoms with van der Waals surface area (Å²) in [6.45, 7) is 0.274. The van der Waals surface area contributed by atoms with Crippen molar-refractivity contribution in [2.75, 3.05) is 13.2 Å². The second kappa shape index (κ2) is 7.55. The molecule has 4 N–H and O–H groups in total. The van der Waals surface area contributed by atoms with Crippen molar-refractivity contribution in [3.05, 3.63) is 39.9 Å². The van der Waals surface area contributed by atoms with Crippen LogP contribution in [0.2, 0.25) is 0 Å². The van der Waals surface area contributed by atoms with Gasteiger partial charge in [-0.3, -0.25) is 14.9 Å². The van der Waals surface area contributed by atoms with Gasteiger partial charge in [-0.05, 0) is 6.07 Å². The van der Waals surface area contributed by atoms with Crippen LogP contribution >= 0.6 is 0 Å². The van der Waals surface area contributed by atoms with Gasteiger partial charge in [0.1, 0.15) is 6.54 Å². The molecule has 0 fully saturated rings. The molecule has 0 aliphatic rings. The van der Waals surface area contributed by atoms with Crippen molar-refractivity contribution in [1.82, 2.24) is 5.43 Å². The monoisotopic (exact) mass is 261 g/mol. The molecule has 0 aromatic heterocycles. The Hall–Kier alpha value is -1.70. The smallest absolute Gasteiger partial charge is 0.296 e. The molecule has 7 nitrogen and oxygen atoms in total. The number of hydrogen-bond acceptors (Lipinski definition) is 4. The third kappa shape index (κ3) is 4.77. The molecule has 17 heavy (non-hydrogen) atoms. The van der Waals surface area contributed by atoms with Crippen LogP contribution in [0.15, 0.2) is 24.3 Å². The number of halogens is 1. The van der Waals surface area contributed by atoms with Gasteiger partial charge in [0, 0.05) is 12.1 Å². The number of amides is 1. The highest BCUT2D eigenvalue weighted by Gasteiger charge is 2.11. The molecule has 0 heterocycles. The van der Waals surface area contributed by atoms with Gasteiger partial charge in [-0.15, -0.1) is 0 Å². The van der Waals surface area contributed by atoms with Crippen molar-refractivity contribution in [3.63, 3.8) is 0 Å². The lowest BCUT2D eigenvalue weighted by Gasteiger charge is -2.02. The SMILES string of the molecule is O=C(N[NH2+]CCO)c1cccc([N+](=O)[O-])c1.[Cl-]. The molecule has 0 unspecified atom stereocenters. The lowest BCUT2D eigenvalue weighted by Crippen LogP contribution is -3.00. The minimum absolute atomic E-state index is 0. The van der Waals surface area contributed by atoms with Crippen LogP contribution in [0.1, 0.15) is 10.4 Å². The summed E-state index contributed by atoms with van der Waals surface area (Å²) in [6.07, 6.45) is 0. The number of nitrogens with zero attached hydrogens (tertiary/aromatic N) is 1. The van der Waals surface area contributed by atoms with Crippen molar-refractivity contribution in [3.8, 4) is 0 Å². The zero-order valence-electron chi connectivity index (χ0n) is 8.80. The van der Waals surface area contributed by atoms with Gasteiger partial charge in [0.15, 0.2) is 0 Å². The highest BCUT2D eigenvalue weighted by Crippen LogP contribution is 2.12. The van der Waals surface area contributed by atoms with Crippen molar-refractivity contribution in [1.29, 1.82) is 0 Å². The molecule has 8 heteroatoms. The van der Waals surface area contributed by atoms with Crippen LogP contribution in [-0.4, -0.2) is 29.1 Å². The molecule has 0 aliphatic heterocycles. The quantitative estimate of drug-likeness (QED) is 0.164. The summed E-state index contributed by atoms with van der Waals surface area (Å²) < 4.78 is 0. The maximum Gasteiger partial charge on any atom is 0.296 e. The summed E-state index contributed by atoms with van der Waals surface area (Å²) >= 11 is 0. The van der Waals surface area contributed by atoms with E-state index >= 15 is 0 Å². The van der Waals surface area contributed by atoms with Crippen LogP contribution in [0.3, 0.4) is 0 Å². The van der Waals surface area contributed by atoms with E-state index in [4.69, 9.17) is 5.11 Å². The molecule has 0 spiro atoms. The first-order valence-corrected chi connectivity index (χ1v) is 4.63. The molecular formula is C9H12ClN3O4. The summed E-state index contributed by atoms with van der Waals surface area (Å²) in [5, 5.41) is 19.0. The Morgan fingerprint density at radius 1 is 1.53 bits per heavy atom. The maximum atomic E-state index is 11.4. The molecule has 94 valence electrons. The van der Waals surface area contributed by atoms with Crippen LogP contribution in [-0.2, 0) is 0 Å². The minimum atomic E-state index is -0.561. The molecule has 0 saturated carbocycles. The molecule has 1 aromatic carbocycles. The molecule has 0 saturated heterocycles. The number of carbonyl (C=O) groups excluding carboxylic acids is 1. The molecule has 0 bridgehead atoms. The van der Waals surface area contributed by atoms with E-state index in [0.717, 1.165) is 0 Å². The summed E-state index contributed by atoms with van der Waals surface area (Å²) in [6, 6.07) is 5.44. The average Bonchev–Trinajstić information content (AvgIpc) is 2.29. The van der Waals surface area contributed by atoms with Gasteiger partial charge in [0.05, 0.1) is 17.1 Å².